The van der Waals surface area contributed by atoms with Crippen LogP contribution in [0.1, 0.15) is 10.4 Å². The third-order valence-electron chi connectivity index (χ3n) is 3.57. The van der Waals surface area contributed by atoms with Gasteiger partial charge in [-0.25, -0.2) is 4.79 Å². The molecule has 2 fully saturated rings. The van der Waals surface area contributed by atoms with Gasteiger partial charge in [-0.1, -0.05) is 0 Å². The Balaban J connectivity index is 1.62. The van der Waals surface area contributed by atoms with Gasteiger partial charge in [-0.2, -0.15) is 0 Å². The molecule has 1 aromatic carbocycles. The SMILES string of the molecule is NCOC(=O)c1ccc(O[C@H]2COC3C2OC[C@@H]3O)cc1. The van der Waals surface area contributed by atoms with E-state index in [-0.39, 0.29) is 31.6 Å². The minimum Gasteiger partial charge on any atom is -0.485 e. The van der Waals surface area contributed by atoms with Crippen LogP contribution < -0.4 is 10.5 Å². The topological polar surface area (TPSA) is 100 Å². The summed E-state index contributed by atoms with van der Waals surface area (Å²) in [4.78, 5) is 11.5. The molecule has 2 aliphatic heterocycles. The summed E-state index contributed by atoms with van der Waals surface area (Å²) in [7, 11) is 0. The third kappa shape index (κ3) is 2.86. The lowest BCUT2D eigenvalue weighted by Gasteiger charge is -2.17. The van der Waals surface area contributed by atoms with E-state index >= 15 is 0 Å². The fourth-order valence-electron chi connectivity index (χ4n) is 2.55. The predicted octanol–water partition coefficient (Wildman–Crippen LogP) is -0.334. The monoisotopic (exact) mass is 295 g/mol. The van der Waals surface area contributed by atoms with Crippen LogP contribution in [0.25, 0.3) is 0 Å². The van der Waals surface area contributed by atoms with E-state index in [1.54, 1.807) is 24.3 Å². The van der Waals surface area contributed by atoms with Crippen molar-refractivity contribution in [2.24, 2.45) is 5.73 Å². The lowest BCUT2D eigenvalue weighted by atomic mass is 10.1. The largest absolute Gasteiger partial charge is 0.485 e. The fourth-order valence-corrected chi connectivity index (χ4v) is 2.55. The second kappa shape index (κ2) is 5.98. The zero-order valence-corrected chi connectivity index (χ0v) is 11.3. The number of aliphatic hydroxyl groups excluding tert-OH is 1. The summed E-state index contributed by atoms with van der Waals surface area (Å²) in [6.07, 6.45) is -1.46. The van der Waals surface area contributed by atoms with E-state index in [1.807, 2.05) is 0 Å². The number of hydrogen-bond acceptors (Lipinski definition) is 7. The second-order valence-electron chi connectivity index (χ2n) is 4.94. The fraction of sp³-hybridized carbons (Fsp3) is 0.500. The molecule has 7 nitrogen and oxygen atoms in total. The van der Waals surface area contributed by atoms with Crippen molar-refractivity contribution >= 4 is 5.97 Å². The summed E-state index contributed by atoms with van der Waals surface area (Å²) in [6.45, 7) is 0.474. The highest BCUT2D eigenvalue weighted by Crippen LogP contribution is 2.29. The molecular weight excluding hydrogens is 278 g/mol. The highest BCUT2D eigenvalue weighted by molar-refractivity contribution is 5.89. The molecule has 2 unspecified atom stereocenters. The lowest BCUT2D eigenvalue weighted by Crippen LogP contribution is -2.34. The average Bonchev–Trinajstić information content (AvgIpc) is 3.04. The summed E-state index contributed by atoms with van der Waals surface area (Å²) >= 11 is 0. The van der Waals surface area contributed by atoms with E-state index in [2.05, 4.69) is 0 Å². The van der Waals surface area contributed by atoms with Crippen molar-refractivity contribution < 1.29 is 28.8 Å². The van der Waals surface area contributed by atoms with E-state index in [9.17, 15) is 9.90 Å². The van der Waals surface area contributed by atoms with Gasteiger partial charge in [0.05, 0.1) is 18.8 Å². The quantitative estimate of drug-likeness (QED) is 0.579. The Kier molecular flexibility index (Phi) is 4.07. The van der Waals surface area contributed by atoms with Gasteiger partial charge >= 0.3 is 5.97 Å². The van der Waals surface area contributed by atoms with Crippen molar-refractivity contribution in [3.63, 3.8) is 0 Å². The average molecular weight is 295 g/mol. The van der Waals surface area contributed by atoms with Crippen molar-refractivity contribution in [2.75, 3.05) is 19.9 Å². The molecule has 0 bridgehead atoms. The van der Waals surface area contributed by atoms with Crippen LogP contribution in [0.2, 0.25) is 0 Å². The molecule has 114 valence electrons. The zero-order chi connectivity index (χ0) is 14.8. The number of ether oxygens (including phenoxy) is 4. The lowest BCUT2D eigenvalue weighted by molar-refractivity contribution is 0.00862. The van der Waals surface area contributed by atoms with Crippen LogP contribution in [0, 0.1) is 0 Å². The molecule has 21 heavy (non-hydrogen) atoms. The van der Waals surface area contributed by atoms with E-state index in [4.69, 9.17) is 24.7 Å². The maximum absolute atomic E-state index is 11.5. The summed E-state index contributed by atoms with van der Waals surface area (Å²) in [6, 6.07) is 6.55. The molecule has 1 aromatic rings. The summed E-state index contributed by atoms with van der Waals surface area (Å²) in [5.74, 6) is 0.120. The number of hydrogen-bond donors (Lipinski definition) is 2. The molecule has 0 amide bonds. The Hall–Kier alpha value is -1.67. The van der Waals surface area contributed by atoms with E-state index < -0.39 is 12.1 Å². The maximum atomic E-state index is 11.5. The van der Waals surface area contributed by atoms with Crippen LogP contribution in [0.5, 0.6) is 5.75 Å². The smallest absolute Gasteiger partial charge is 0.339 e. The first kappa shape index (κ1) is 14.3. The van der Waals surface area contributed by atoms with Crippen LogP contribution >= 0.6 is 0 Å². The van der Waals surface area contributed by atoms with Gasteiger partial charge in [0.1, 0.15) is 30.8 Å². The van der Waals surface area contributed by atoms with Gasteiger partial charge in [0.15, 0.2) is 6.10 Å². The number of benzene rings is 1. The molecule has 2 heterocycles. The highest BCUT2D eigenvalue weighted by Gasteiger charge is 2.48. The minimum atomic E-state index is -0.600. The standard InChI is InChI=1S/C14H17NO6/c15-7-20-14(17)8-1-3-9(4-2-8)21-11-6-19-12-10(16)5-18-13(11)12/h1-4,10-13,16H,5-7,15H2/t10-,11-,12?,13?/m0/s1. The predicted molar refractivity (Wildman–Crippen MR) is 70.8 cm³/mol. The highest BCUT2D eigenvalue weighted by atomic mass is 16.6. The van der Waals surface area contributed by atoms with E-state index in [0.717, 1.165) is 0 Å². The van der Waals surface area contributed by atoms with Crippen LogP contribution in [0.15, 0.2) is 24.3 Å². The van der Waals surface area contributed by atoms with Crippen molar-refractivity contribution in [1.29, 1.82) is 0 Å². The zero-order valence-electron chi connectivity index (χ0n) is 11.3. The van der Waals surface area contributed by atoms with Gasteiger partial charge in [-0.05, 0) is 24.3 Å². The van der Waals surface area contributed by atoms with Crippen LogP contribution in [0.3, 0.4) is 0 Å². The Bertz CT molecular complexity index is 505. The van der Waals surface area contributed by atoms with E-state index in [1.165, 1.54) is 0 Å². The van der Waals surface area contributed by atoms with Crippen molar-refractivity contribution in [2.45, 2.75) is 24.4 Å². The maximum Gasteiger partial charge on any atom is 0.339 e. The van der Waals surface area contributed by atoms with E-state index in [0.29, 0.717) is 17.9 Å². The Morgan fingerprint density at radius 3 is 2.67 bits per heavy atom. The van der Waals surface area contributed by atoms with Crippen LogP contribution in [-0.4, -0.2) is 55.4 Å². The summed E-state index contributed by atoms with van der Waals surface area (Å²) in [5, 5.41) is 9.66. The van der Waals surface area contributed by atoms with Crippen LogP contribution in [0.4, 0.5) is 0 Å². The normalized spacial score (nSPS) is 31.0. The first-order chi connectivity index (χ1) is 10.2. The van der Waals surface area contributed by atoms with Gasteiger partial charge in [0, 0.05) is 0 Å². The van der Waals surface area contributed by atoms with Gasteiger partial charge in [-0.3, -0.25) is 5.73 Å². The molecule has 0 aromatic heterocycles. The van der Waals surface area contributed by atoms with Crippen molar-refractivity contribution in [1.82, 2.24) is 0 Å². The van der Waals surface area contributed by atoms with Crippen molar-refractivity contribution in [3.8, 4) is 5.75 Å². The minimum absolute atomic E-state index is 0.154. The Labute approximate surface area is 121 Å². The summed E-state index contributed by atoms with van der Waals surface area (Å²) < 4.78 is 21.5. The Morgan fingerprint density at radius 1 is 1.24 bits per heavy atom. The molecule has 0 saturated carbocycles. The summed E-state index contributed by atoms with van der Waals surface area (Å²) in [5.41, 5.74) is 5.55. The molecule has 4 atom stereocenters. The number of rotatable bonds is 4. The molecule has 0 spiro atoms. The molecule has 3 N–H and O–H groups in total. The van der Waals surface area contributed by atoms with Gasteiger partial charge < -0.3 is 24.1 Å². The Morgan fingerprint density at radius 2 is 1.95 bits per heavy atom. The van der Waals surface area contributed by atoms with Crippen LogP contribution in [-0.2, 0) is 14.2 Å². The number of nitrogens with two attached hydrogens (primary N) is 1. The molecule has 2 saturated heterocycles. The van der Waals surface area contributed by atoms with Gasteiger partial charge in [0.2, 0.25) is 0 Å². The molecule has 3 rings (SSSR count). The van der Waals surface area contributed by atoms with Gasteiger partial charge in [0.25, 0.3) is 0 Å². The molecular formula is C14H17NO6. The number of carbonyl (C=O) groups is 1. The molecule has 0 aliphatic carbocycles. The number of aliphatic hydroxyl groups is 1. The number of fused-ring (bicyclic) bond motifs is 1. The third-order valence-corrected chi connectivity index (χ3v) is 3.57. The second-order valence-corrected chi connectivity index (χ2v) is 4.94. The molecule has 0 radical (unpaired) electrons. The van der Waals surface area contributed by atoms with Crippen molar-refractivity contribution in [3.05, 3.63) is 29.8 Å². The molecule has 7 heteroatoms. The first-order valence-electron chi connectivity index (χ1n) is 6.74. The van der Waals surface area contributed by atoms with Gasteiger partial charge in [-0.15, -0.1) is 0 Å². The number of esters is 1. The number of carbonyl (C=O) groups excluding carboxylic acids is 1. The molecule has 2 aliphatic rings. The first-order valence-corrected chi connectivity index (χ1v) is 6.74.